The molecule has 0 radical (unpaired) electrons. The number of hydrogen-bond donors (Lipinski definition) is 3. The van der Waals surface area contributed by atoms with Gasteiger partial charge in [-0.3, -0.25) is 9.59 Å². The minimum Gasteiger partial charge on any atom is -0.352 e. The largest absolute Gasteiger partial charge is 0.352 e. The predicted molar refractivity (Wildman–Crippen MR) is 92.6 cm³/mol. The number of rotatable bonds is 6. The van der Waals surface area contributed by atoms with E-state index >= 15 is 0 Å². The molecule has 1 aromatic carbocycles. The Bertz CT molecular complexity index is 577. The maximum absolute atomic E-state index is 12.3. The van der Waals surface area contributed by atoms with Gasteiger partial charge in [-0.05, 0) is 43.4 Å². The molecule has 126 valence electrons. The zero-order valence-electron chi connectivity index (χ0n) is 13.4. The molecule has 0 bridgehead atoms. The topological polar surface area (TPSA) is 84.2 Å². The smallest absolute Gasteiger partial charge is 0.253 e. The van der Waals surface area contributed by atoms with E-state index in [1.165, 1.54) is 0 Å². The van der Waals surface area contributed by atoms with E-state index in [4.69, 9.17) is 17.3 Å². The van der Waals surface area contributed by atoms with Crippen molar-refractivity contribution in [1.29, 1.82) is 0 Å². The minimum absolute atomic E-state index is 0.0902. The fourth-order valence-corrected chi connectivity index (χ4v) is 3.08. The molecule has 2 rings (SSSR count). The van der Waals surface area contributed by atoms with Crippen LogP contribution >= 0.6 is 11.6 Å². The van der Waals surface area contributed by atoms with Gasteiger partial charge in [0.1, 0.15) is 0 Å². The third-order valence-corrected chi connectivity index (χ3v) is 4.44. The van der Waals surface area contributed by atoms with Gasteiger partial charge >= 0.3 is 0 Å². The van der Waals surface area contributed by atoms with Crippen molar-refractivity contribution in [2.45, 2.75) is 45.1 Å². The number of carbonyl (C=O) groups excluding carboxylic acids is 2. The number of amides is 2. The van der Waals surface area contributed by atoms with E-state index in [1.54, 1.807) is 18.2 Å². The highest BCUT2D eigenvalue weighted by molar-refractivity contribution is 6.31. The van der Waals surface area contributed by atoms with Crippen LogP contribution in [0.3, 0.4) is 0 Å². The van der Waals surface area contributed by atoms with Gasteiger partial charge in [-0.15, -0.1) is 0 Å². The summed E-state index contributed by atoms with van der Waals surface area (Å²) in [5, 5.41) is 6.10. The highest BCUT2D eigenvalue weighted by atomic mass is 35.5. The van der Waals surface area contributed by atoms with Crippen LogP contribution < -0.4 is 16.4 Å². The molecule has 1 saturated carbocycles. The van der Waals surface area contributed by atoms with E-state index in [0.717, 1.165) is 25.7 Å². The summed E-state index contributed by atoms with van der Waals surface area (Å²) < 4.78 is 0. The molecule has 0 saturated heterocycles. The highest BCUT2D eigenvalue weighted by Gasteiger charge is 2.26. The van der Waals surface area contributed by atoms with Gasteiger partial charge in [0.05, 0.1) is 11.3 Å². The van der Waals surface area contributed by atoms with Crippen LogP contribution in [0.1, 0.15) is 49.4 Å². The molecule has 5 nitrogen and oxygen atoms in total. The number of anilines is 1. The zero-order valence-corrected chi connectivity index (χ0v) is 14.2. The summed E-state index contributed by atoms with van der Waals surface area (Å²) in [7, 11) is 0. The quantitative estimate of drug-likeness (QED) is 0.746. The molecule has 0 heterocycles. The van der Waals surface area contributed by atoms with Gasteiger partial charge in [-0.1, -0.05) is 24.9 Å². The fourth-order valence-electron chi connectivity index (χ4n) is 2.91. The summed E-state index contributed by atoms with van der Waals surface area (Å²) in [5.74, 6) is -0.123. The first-order valence-electron chi connectivity index (χ1n) is 8.14. The number of benzene rings is 1. The van der Waals surface area contributed by atoms with Crippen LogP contribution in [-0.4, -0.2) is 24.4 Å². The lowest BCUT2D eigenvalue weighted by molar-refractivity contribution is -0.117. The van der Waals surface area contributed by atoms with Crippen molar-refractivity contribution >= 4 is 29.1 Å². The highest BCUT2D eigenvalue weighted by Crippen LogP contribution is 2.28. The van der Waals surface area contributed by atoms with E-state index in [1.807, 2.05) is 6.92 Å². The average molecular weight is 338 g/mol. The Balaban J connectivity index is 2.06. The number of hydrogen-bond acceptors (Lipinski definition) is 3. The Kier molecular flexibility index (Phi) is 6.42. The number of carbonyl (C=O) groups is 2. The van der Waals surface area contributed by atoms with E-state index in [0.29, 0.717) is 29.2 Å². The molecule has 0 aliphatic heterocycles. The predicted octanol–water partition coefficient (Wildman–Crippen LogP) is 2.94. The van der Waals surface area contributed by atoms with Gasteiger partial charge in [-0.25, -0.2) is 0 Å². The van der Waals surface area contributed by atoms with Crippen LogP contribution in [0.2, 0.25) is 5.02 Å². The van der Waals surface area contributed by atoms with Crippen molar-refractivity contribution < 1.29 is 9.59 Å². The van der Waals surface area contributed by atoms with Gasteiger partial charge < -0.3 is 16.4 Å². The Hall–Kier alpha value is -1.59. The first kappa shape index (κ1) is 17.8. The van der Waals surface area contributed by atoms with Crippen LogP contribution in [0.5, 0.6) is 0 Å². The average Bonchev–Trinajstić information content (AvgIpc) is 2.90. The van der Waals surface area contributed by atoms with Gasteiger partial charge in [0.25, 0.3) is 5.91 Å². The van der Waals surface area contributed by atoms with Crippen molar-refractivity contribution in [2.75, 3.05) is 11.9 Å². The molecule has 0 spiro atoms. The van der Waals surface area contributed by atoms with Crippen LogP contribution in [0.4, 0.5) is 5.69 Å². The second-order valence-corrected chi connectivity index (χ2v) is 6.49. The molecule has 2 atom stereocenters. The Morgan fingerprint density at radius 2 is 2.13 bits per heavy atom. The molecule has 6 heteroatoms. The second kappa shape index (κ2) is 8.31. The van der Waals surface area contributed by atoms with Gasteiger partial charge in [-0.2, -0.15) is 0 Å². The molecule has 0 aromatic heterocycles. The normalized spacial score (nSPS) is 20.3. The number of nitrogens with one attached hydrogen (secondary N) is 2. The van der Waals surface area contributed by atoms with Crippen molar-refractivity contribution in [3.8, 4) is 0 Å². The zero-order chi connectivity index (χ0) is 16.8. The van der Waals surface area contributed by atoms with Gasteiger partial charge in [0.2, 0.25) is 5.91 Å². The summed E-state index contributed by atoms with van der Waals surface area (Å²) in [6, 6.07) is 4.97. The monoisotopic (exact) mass is 337 g/mol. The maximum atomic E-state index is 12.3. The van der Waals surface area contributed by atoms with Crippen LogP contribution in [0.15, 0.2) is 18.2 Å². The molecule has 1 aromatic rings. The lowest BCUT2D eigenvalue weighted by Crippen LogP contribution is -2.29. The summed E-state index contributed by atoms with van der Waals surface area (Å²) in [6.07, 6.45) is 4.25. The number of nitrogens with two attached hydrogens (primary N) is 1. The van der Waals surface area contributed by atoms with Crippen LogP contribution in [-0.2, 0) is 4.79 Å². The molecule has 0 unspecified atom stereocenters. The first-order valence-corrected chi connectivity index (χ1v) is 8.52. The fraction of sp³-hybridized carbons (Fsp3) is 0.529. The van der Waals surface area contributed by atoms with E-state index in [-0.39, 0.29) is 23.8 Å². The maximum Gasteiger partial charge on any atom is 0.253 e. The minimum atomic E-state index is -0.212. The lowest BCUT2D eigenvalue weighted by Gasteiger charge is -2.16. The molecule has 2 amide bonds. The molecular weight excluding hydrogens is 314 g/mol. The lowest BCUT2D eigenvalue weighted by atomic mass is 9.99. The van der Waals surface area contributed by atoms with E-state index in [2.05, 4.69) is 10.6 Å². The van der Waals surface area contributed by atoms with Crippen molar-refractivity contribution in [1.82, 2.24) is 5.32 Å². The molecule has 1 fully saturated rings. The summed E-state index contributed by atoms with van der Waals surface area (Å²) >= 11 is 6.00. The molecular formula is C17H24ClN3O2. The van der Waals surface area contributed by atoms with Gasteiger partial charge in [0.15, 0.2) is 0 Å². The van der Waals surface area contributed by atoms with E-state index in [9.17, 15) is 9.59 Å². The van der Waals surface area contributed by atoms with E-state index < -0.39 is 0 Å². The summed E-state index contributed by atoms with van der Waals surface area (Å²) in [4.78, 5) is 24.5. The van der Waals surface area contributed by atoms with Crippen LogP contribution in [0, 0.1) is 5.92 Å². The molecule has 1 aliphatic carbocycles. The second-order valence-electron chi connectivity index (χ2n) is 6.05. The van der Waals surface area contributed by atoms with Crippen molar-refractivity contribution in [3.63, 3.8) is 0 Å². The molecule has 1 aliphatic rings. The Labute approximate surface area is 142 Å². The summed E-state index contributed by atoms with van der Waals surface area (Å²) in [6.45, 7) is 2.57. The molecule has 4 N–H and O–H groups in total. The Morgan fingerprint density at radius 1 is 1.35 bits per heavy atom. The number of halogens is 1. The molecule has 23 heavy (non-hydrogen) atoms. The first-order chi connectivity index (χ1) is 11.0. The van der Waals surface area contributed by atoms with Crippen molar-refractivity contribution in [3.05, 3.63) is 28.8 Å². The standard InChI is InChI=1S/C17H24ClN3O2/c1-2-8-20-17(23)13-7-6-12(18)10-15(13)21-16(22)9-11-4-3-5-14(11)19/h6-7,10-11,14H,2-5,8-9,19H2,1H3,(H,20,23)(H,21,22)/t11-,14+/m0/s1. The van der Waals surface area contributed by atoms with Crippen LogP contribution in [0.25, 0.3) is 0 Å². The third-order valence-electron chi connectivity index (χ3n) is 4.20. The Morgan fingerprint density at radius 3 is 2.78 bits per heavy atom. The van der Waals surface area contributed by atoms with Crippen molar-refractivity contribution in [2.24, 2.45) is 11.7 Å². The SMILES string of the molecule is CCCNC(=O)c1ccc(Cl)cc1NC(=O)C[C@@H]1CCC[C@H]1N. The summed E-state index contributed by atoms with van der Waals surface area (Å²) in [5.41, 5.74) is 6.88. The van der Waals surface area contributed by atoms with Gasteiger partial charge in [0, 0.05) is 24.0 Å². The third kappa shape index (κ3) is 4.94.